The van der Waals surface area contributed by atoms with Crippen LogP contribution in [0.15, 0.2) is 29.0 Å². The summed E-state index contributed by atoms with van der Waals surface area (Å²) in [5, 5.41) is 6.30. The molecule has 1 aliphatic heterocycles. The van der Waals surface area contributed by atoms with Crippen LogP contribution in [0, 0.1) is 5.92 Å². The summed E-state index contributed by atoms with van der Waals surface area (Å²) in [6, 6.07) is 0.421. The summed E-state index contributed by atoms with van der Waals surface area (Å²) in [7, 11) is 0. The molecule has 2 nitrogen and oxygen atoms in total. The van der Waals surface area contributed by atoms with Gasteiger partial charge in [-0.2, -0.15) is 5.10 Å². The van der Waals surface area contributed by atoms with Crippen LogP contribution < -0.4 is 0 Å². The predicted molar refractivity (Wildman–Crippen MR) is 57.5 cm³/mol. The van der Waals surface area contributed by atoms with Gasteiger partial charge in [0.2, 0.25) is 0 Å². The van der Waals surface area contributed by atoms with Crippen molar-refractivity contribution in [2.75, 3.05) is 0 Å². The van der Waals surface area contributed by atoms with E-state index in [2.05, 4.69) is 45.1 Å². The zero-order chi connectivity index (χ0) is 9.84. The molecule has 0 aliphatic carbocycles. The smallest absolute Gasteiger partial charge is 0.0474 e. The zero-order valence-electron chi connectivity index (χ0n) is 8.86. The van der Waals surface area contributed by atoms with Gasteiger partial charge < -0.3 is 0 Å². The van der Waals surface area contributed by atoms with E-state index in [-0.39, 0.29) is 0 Å². The summed E-state index contributed by atoms with van der Waals surface area (Å²) in [6.07, 6.45) is 8.08. The maximum Gasteiger partial charge on any atom is 0.0474 e. The Hall–Kier alpha value is -1.05. The molecule has 13 heavy (non-hydrogen) atoms. The second kappa shape index (κ2) is 4.26. The van der Waals surface area contributed by atoms with Crippen molar-refractivity contribution < 1.29 is 0 Å². The van der Waals surface area contributed by atoms with Gasteiger partial charge in [-0.1, -0.05) is 19.9 Å². The molecule has 0 atom stereocenters. The minimum atomic E-state index is 0.421. The fraction of sp³-hybridized carbons (Fsp3) is 0.545. The molecule has 0 aromatic carbocycles. The fourth-order valence-corrected chi connectivity index (χ4v) is 1.12. The van der Waals surface area contributed by atoms with Gasteiger partial charge in [-0.05, 0) is 31.4 Å². The van der Waals surface area contributed by atoms with Gasteiger partial charge in [0.25, 0.3) is 0 Å². The van der Waals surface area contributed by atoms with E-state index >= 15 is 0 Å². The SMILES string of the molecule is CC(C)C1=CN(C(C)C)N=CC=C1. The van der Waals surface area contributed by atoms with Crippen LogP contribution in [0.3, 0.4) is 0 Å². The van der Waals surface area contributed by atoms with E-state index in [1.165, 1.54) is 5.57 Å². The molecule has 0 saturated carbocycles. The largest absolute Gasteiger partial charge is 0.270 e. The third-order valence-electron chi connectivity index (χ3n) is 2.05. The molecule has 0 fully saturated rings. The minimum absolute atomic E-state index is 0.421. The lowest BCUT2D eigenvalue weighted by atomic mass is 10.0. The Morgan fingerprint density at radius 1 is 1.23 bits per heavy atom. The zero-order valence-corrected chi connectivity index (χ0v) is 8.86. The van der Waals surface area contributed by atoms with Crippen LogP contribution in [0.4, 0.5) is 0 Å². The standard InChI is InChI=1S/C11H18N2/c1-9(2)11-6-5-7-12-13(8-11)10(3)4/h5-10H,1-4H3. The van der Waals surface area contributed by atoms with Crippen molar-refractivity contribution in [3.63, 3.8) is 0 Å². The highest BCUT2D eigenvalue weighted by molar-refractivity contribution is 5.72. The molecule has 0 spiro atoms. The number of rotatable bonds is 2. The van der Waals surface area contributed by atoms with Crippen LogP contribution in [-0.4, -0.2) is 17.3 Å². The third-order valence-corrected chi connectivity index (χ3v) is 2.05. The van der Waals surface area contributed by atoms with Crippen molar-refractivity contribution in [1.29, 1.82) is 0 Å². The van der Waals surface area contributed by atoms with Gasteiger partial charge in [-0.25, -0.2) is 0 Å². The lowest BCUT2D eigenvalue weighted by Crippen LogP contribution is -2.19. The second-order valence-electron chi connectivity index (χ2n) is 3.88. The first-order chi connectivity index (χ1) is 6.11. The lowest BCUT2D eigenvalue weighted by Gasteiger charge is -2.19. The van der Waals surface area contributed by atoms with Crippen molar-refractivity contribution in [3.05, 3.63) is 23.9 Å². The molecule has 1 aliphatic rings. The third kappa shape index (κ3) is 2.72. The quantitative estimate of drug-likeness (QED) is 0.635. The summed E-state index contributed by atoms with van der Waals surface area (Å²) in [5.41, 5.74) is 1.33. The molecule has 0 radical (unpaired) electrons. The van der Waals surface area contributed by atoms with E-state index in [9.17, 15) is 0 Å². The van der Waals surface area contributed by atoms with Gasteiger partial charge in [-0.15, -0.1) is 0 Å². The average molecular weight is 178 g/mol. The Kier molecular flexibility index (Phi) is 3.29. The molecule has 0 unspecified atom stereocenters. The van der Waals surface area contributed by atoms with Crippen LogP contribution in [0.2, 0.25) is 0 Å². The summed E-state index contributed by atoms with van der Waals surface area (Å²) in [4.78, 5) is 0. The van der Waals surface area contributed by atoms with Crippen molar-refractivity contribution in [3.8, 4) is 0 Å². The highest BCUT2D eigenvalue weighted by Crippen LogP contribution is 2.15. The maximum atomic E-state index is 4.30. The Morgan fingerprint density at radius 3 is 2.46 bits per heavy atom. The van der Waals surface area contributed by atoms with E-state index in [0.29, 0.717) is 12.0 Å². The van der Waals surface area contributed by atoms with E-state index in [4.69, 9.17) is 0 Å². The Morgan fingerprint density at radius 2 is 1.92 bits per heavy atom. The molecule has 0 bridgehead atoms. The summed E-state index contributed by atoms with van der Waals surface area (Å²) < 4.78 is 0. The van der Waals surface area contributed by atoms with Gasteiger partial charge in [-0.3, -0.25) is 5.01 Å². The topological polar surface area (TPSA) is 15.6 Å². The fourth-order valence-electron chi connectivity index (χ4n) is 1.12. The number of allylic oxidation sites excluding steroid dienone is 3. The lowest BCUT2D eigenvalue weighted by molar-refractivity contribution is 0.326. The Bertz CT molecular complexity index is 247. The van der Waals surface area contributed by atoms with Crippen LogP contribution in [-0.2, 0) is 0 Å². The van der Waals surface area contributed by atoms with Crippen LogP contribution in [0.1, 0.15) is 27.7 Å². The molecular weight excluding hydrogens is 160 g/mol. The molecule has 72 valence electrons. The van der Waals surface area contributed by atoms with Gasteiger partial charge in [0, 0.05) is 18.5 Å². The molecule has 0 saturated heterocycles. The van der Waals surface area contributed by atoms with Crippen molar-refractivity contribution in [1.82, 2.24) is 5.01 Å². The van der Waals surface area contributed by atoms with Crippen molar-refractivity contribution in [2.24, 2.45) is 11.0 Å². The van der Waals surface area contributed by atoms with Gasteiger partial charge in [0.1, 0.15) is 0 Å². The highest BCUT2D eigenvalue weighted by atomic mass is 15.4. The molecule has 1 heterocycles. The Balaban J connectivity index is 2.85. The van der Waals surface area contributed by atoms with Gasteiger partial charge >= 0.3 is 0 Å². The van der Waals surface area contributed by atoms with E-state index < -0.39 is 0 Å². The summed E-state index contributed by atoms with van der Waals surface area (Å²) >= 11 is 0. The average Bonchev–Trinajstić information content (AvgIpc) is 2.28. The number of hydrogen-bond donors (Lipinski definition) is 0. The molecule has 1 rings (SSSR count). The molecule has 2 heteroatoms. The van der Waals surface area contributed by atoms with E-state index in [1.54, 1.807) is 0 Å². The van der Waals surface area contributed by atoms with Crippen LogP contribution in [0.25, 0.3) is 0 Å². The first-order valence-corrected chi connectivity index (χ1v) is 4.82. The molecular formula is C11H18N2. The Labute approximate surface area is 80.6 Å². The van der Waals surface area contributed by atoms with Gasteiger partial charge in [0.15, 0.2) is 0 Å². The number of hydrazone groups is 1. The van der Waals surface area contributed by atoms with E-state index in [0.717, 1.165) is 0 Å². The van der Waals surface area contributed by atoms with Crippen molar-refractivity contribution >= 4 is 6.21 Å². The summed E-state index contributed by atoms with van der Waals surface area (Å²) in [6.45, 7) is 8.66. The normalized spacial score (nSPS) is 16.8. The molecule has 0 aromatic rings. The minimum Gasteiger partial charge on any atom is -0.270 e. The van der Waals surface area contributed by atoms with Crippen molar-refractivity contribution in [2.45, 2.75) is 33.7 Å². The number of hydrogen-bond acceptors (Lipinski definition) is 2. The summed E-state index contributed by atoms with van der Waals surface area (Å²) in [5.74, 6) is 0.555. The van der Waals surface area contributed by atoms with Crippen LogP contribution in [0.5, 0.6) is 0 Å². The van der Waals surface area contributed by atoms with E-state index in [1.807, 2.05) is 17.3 Å². The molecule has 0 N–H and O–H groups in total. The molecule has 0 amide bonds. The predicted octanol–water partition coefficient (Wildman–Crippen LogP) is 2.79. The van der Waals surface area contributed by atoms with Gasteiger partial charge in [0.05, 0.1) is 0 Å². The van der Waals surface area contributed by atoms with Crippen LogP contribution >= 0.6 is 0 Å². The first kappa shape index (κ1) is 10.0. The maximum absolute atomic E-state index is 4.30. The number of nitrogens with zero attached hydrogens (tertiary/aromatic N) is 2. The monoisotopic (exact) mass is 178 g/mol. The first-order valence-electron chi connectivity index (χ1n) is 4.82. The molecule has 0 aromatic heterocycles. The second-order valence-corrected chi connectivity index (χ2v) is 3.88. The highest BCUT2D eigenvalue weighted by Gasteiger charge is 2.07.